The van der Waals surface area contributed by atoms with Gasteiger partial charge in [-0.05, 0) is 56.5 Å². The Morgan fingerprint density at radius 2 is 1.88 bits per heavy atom. The zero-order chi connectivity index (χ0) is 12.8. The molecule has 0 amide bonds. The number of benzene rings is 1. The molecule has 0 bridgehead atoms. The Hall–Kier alpha value is -1.06. The quantitative estimate of drug-likeness (QED) is 0.585. The fraction of sp³-hybridized carbons (Fsp3) is 0.571. The van der Waals surface area contributed by atoms with Gasteiger partial charge in [0.1, 0.15) is 5.75 Å². The van der Waals surface area contributed by atoms with Crippen LogP contribution in [0.4, 0.5) is 0 Å². The summed E-state index contributed by atoms with van der Waals surface area (Å²) in [4.78, 5) is 0. The summed E-state index contributed by atoms with van der Waals surface area (Å²) in [5.74, 6) is 1.05. The summed E-state index contributed by atoms with van der Waals surface area (Å²) in [6, 6.07) is 2.24. The number of nitrogens with one attached hydrogen (secondary N) is 2. The fourth-order valence-electron chi connectivity index (χ4n) is 2.12. The van der Waals surface area contributed by atoms with E-state index in [2.05, 4.69) is 37.5 Å². The molecule has 0 aromatic heterocycles. The maximum atomic E-state index is 5.55. The molecule has 0 aliphatic carbocycles. The number of ether oxygens (including phenoxy) is 1. The minimum Gasteiger partial charge on any atom is -0.496 e. The smallest absolute Gasteiger partial charge is 0.125 e. The van der Waals surface area contributed by atoms with Crippen molar-refractivity contribution in [2.75, 3.05) is 27.4 Å². The molecule has 0 spiro atoms. The van der Waals surface area contributed by atoms with E-state index in [4.69, 9.17) is 4.74 Å². The normalized spacial score (nSPS) is 10.6. The summed E-state index contributed by atoms with van der Waals surface area (Å²) >= 11 is 0. The zero-order valence-corrected chi connectivity index (χ0v) is 11.6. The molecular weight excluding hydrogens is 212 g/mol. The van der Waals surface area contributed by atoms with Crippen molar-refractivity contribution in [3.8, 4) is 5.75 Å². The molecule has 3 nitrogen and oxygen atoms in total. The van der Waals surface area contributed by atoms with Crippen LogP contribution in [-0.2, 0) is 6.42 Å². The highest BCUT2D eigenvalue weighted by Crippen LogP contribution is 2.29. The van der Waals surface area contributed by atoms with Crippen LogP contribution in [0.25, 0.3) is 0 Å². The SMILES string of the molecule is CNCNCCc1c(C)cc(C)c(C)c1OC. The first-order valence-electron chi connectivity index (χ1n) is 6.10. The molecular formula is C14H24N2O. The highest BCUT2D eigenvalue weighted by atomic mass is 16.5. The second-order valence-corrected chi connectivity index (χ2v) is 4.43. The summed E-state index contributed by atoms with van der Waals surface area (Å²) < 4.78 is 5.55. The van der Waals surface area contributed by atoms with Gasteiger partial charge in [-0.3, -0.25) is 0 Å². The Morgan fingerprint density at radius 1 is 1.18 bits per heavy atom. The lowest BCUT2D eigenvalue weighted by atomic mass is 9.97. The maximum Gasteiger partial charge on any atom is 0.125 e. The third-order valence-corrected chi connectivity index (χ3v) is 3.17. The van der Waals surface area contributed by atoms with Gasteiger partial charge in [-0.25, -0.2) is 0 Å². The van der Waals surface area contributed by atoms with Gasteiger partial charge < -0.3 is 15.4 Å². The summed E-state index contributed by atoms with van der Waals surface area (Å²) in [7, 11) is 3.70. The fourth-order valence-corrected chi connectivity index (χ4v) is 2.12. The lowest BCUT2D eigenvalue weighted by Crippen LogP contribution is -2.27. The summed E-state index contributed by atoms with van der Waals surface area (Å²) in [6.45, 7) is 8.21. The van der Waals surface area contributed by atoms with Gasteiger partial charge in [-0.2, -0.15) is 0 Å². The molecule has 0 aliphatic rings. The zero-order valence-electron chi connectivity index (χ0n) is 11.6. The lowest BCUT2D eigenvalue weighted by Gasteiger charge is -2.16. The maximum absolute atomic E-state index is 5.55. The van der Waals surface area contributed by atoms with Crippen molar-refractivity contribution < 1.29 is 4.74 Å². The van der Waals surface area contributed by atoms with Crippen LogP contribution in [0.2, 0.25) is 0 Å². The minimum absolute atomic E-state index is 0.839. The van der Waals surface area contributed by atoms with E-state index in [1.165, 1.54) is 22.3 Å². The first kappa shape index (κ1) is 14.0. The van der Waals surface area contributed by atoms with Crippen LogP contribution in [0, 0.1) is 20.8 Å². The Labute approximate surface area is 105 Å². The first-order valence-corrected chi connectivity index (χ1v) is 6.10. The Morgan fingerprint density at radius 3 is 2.47 bits per heavy atom. The van der Waals surface area contributed by atoms with Gasteiger partial charge in [0.2, 0.25) is 0 Å². The van der Waals surface area contributed by atoms with E-state index in [0.29, 0.717) is 0 Å². The van der Waals surface area contributed by atoms with E-state index in [-0.39, 0.29) is 0 Å². The van der Waals surface area contributed by atoms with Crippen molar-refractivity contribution in [3.63, 3.8) is 0 Å². The molecule has 0 saturated carbocycles. The summed E-state index contributed by atoms with van der Waals surface area (Å²) in [6.07, 6.45) is 0.998. The van der Waals surface area contributed by atoms with Crippen LogP contribution in [0.15, 0.2) is 6.07 Å². The van der Waals surface area contributed by atoms with Gasteiger partial charge in [0.05, 0.1) is 7.11 Å². The van der Waals surface area contributed by atoms with Gasteiger partial charge in [0, 0.05) is 13.2 Å². The second-order valence-electron chi connectivity index (χ2n) is 4.43. The molecule has 0 fully saturated rings. The number of hydrogen-bond donors (Lipinski definition) is 2. The van der Waals surface area contributed by atoms with Gasteiger partial charge >= 0.3 is 0 Å². The van der Waals surface area contributed by atoms with Crippen LogP contribution in [-0.4, -0.2) is 27.4 Å². The molecule has 1 rings (SSSR count). The second kappa shape index (κ2) is 6.62. The molecule has 1 aromatic carbocycles. The van der Waals surface area contributed by atoms with Gasteiger partial charge in [-0.1, -0.05) is 6.07 Å². The Balaban J connectivity index is 2.86. The van der Waals surface area contributed by atoms with Crippen molar-refractivity contribution in [2.45, 2.75) is 27.2 Å². The highest BCUT2D eigenvalue weighted by molar-refractivity contribution is 5.49. The molecule has 0 atom stereocenters. The van der Waals surface area contributed by atoms with Crippen molar-refractivity contribution in [1.82, 2.24) is 10.6 Å². The lowest BCUT2D eigenvalue weighted by molar-refractivity contribution is 0.405. The van der Waals surface area contributed by atoms with Crippen LogP contribution in [0.5, 0.6) is 5.75 Å². The third-order valence-electron chi connectivity index (χ3n) is 3.17. The largest absolute Gasteiger partial charge is 0.496 e. The number of methoxy groups -OCH3 is 1. The van der Waals surface area contributed by atoms with Crippen molar-refractivity contribution in [2.24, 2.45) is 0 Å². The van der Waals surface area contributed by atoms with Crippen LogP contribution < -0.4 is 15.4 Å². The van der Waals surface area contributed by atoms with Gasteiger partial charge in [-0.15, -0.1) is 0 Å². The molecule has 96 valence electrons. The molecule has 3 heteroatoms. The molecule has 0 saturated heterocycles. The molecule has 17 heavy (non-hydrogen) atoms. The predicted molar refractivity (Wildman–Crippen MR) is 72.8 cm³/mol. The summed E-state index contributed by atoms with van der Waals surface area (Å²) in [5, 5.41) is 6.40. The molecule has 2 N–H and O–H groups in total. The molecule has 0 unspecified atom stereocenters. The molecule has 1 aromatic rings. The van der Waals surface area contributed by atoms with Crippen molar-refractivity contribution >= 4 is 0 Å². The molecule has 0 radical (unpaired) electrons. The van der Waals surface area contributed by atoms with E-state index in [0.717, 1.165) is 25.4 Å². The minimum atomic E-state index is 0.839. The van der Waals surface area contributed by atoms with E-state index in [9.17, 15) is 0 Å². The van der Waals surface area contributed by atoms with Crippen molar-refractivity contribution in [3.05, 3.63) is 28.3 Å². The third kappa shape index (κ3) is 3.45. The topological polar surface area (TPSA) is 33.3 Å². The average molecular weight is 236 g/mol. The molecule has 0 heterocycles. The van der Waals surface area contributed by atoms with Crippen molar-refractivity contribution in [1.29, 1.82) is 0 Å². The van der Waals surface area contributed by atoms with Crippen LogP contribution in [0.3, 0.4) is 0 Å². The number of aryl methyl sites for hydroxylation is 2. The Kier molecular flexibility index (Phi) is 5.45. The van der Waals surface area contributed by atoms with E-state index >= 15 is 0 Å². The Bertz CT molecular complexity index is 375. The van der Waals surface area contributed by atoms with Gasteiger partial charge in [0.15, 0.2) is 0 Å². The standard InChI is InChI=1S/C14H24N2O/c1-10-8-11(2)13(6-7-16-9-15-4)14(17-5)12(10)3/h8,15-16H,6-7,9H2,1-5H3. The molecule has 0 aliphatic heterocycles. The average Bonchev–Trinajstić information content (AvgIpc) is 2.31. The van der Waals surface area contributed by atoms with Gasteiger partial charge in [0.25, 0.3) is 0 Å². The summed E-state index contributed by atoms with van der Waals surface area (Å²) in [5.41, 5.74) is 5.18. The number of hydrogen-bond acceptors (Lipinski definition) is 3. The monoisotopic (exact) mass is 236 g/mol. The number of rotatable bonds is 6. The van der Waals surface area contributed by atoms with E-state index in [1.807, 2.05) is 7.05 Å². The predicted octanol–water partition coefficient (Wildman–Crippen LogP) is 1.93. The first-order chi connectivity index (χ1) is 8.11. The van der Waals surface area contributed by atoms with Crippen LogP contribution >= 0.6 is 0 Å². The van der Waals surface area contributed by atoms with E-state index < -0.39 is 0 Å². The van der Waals surface area contributed by atoms with Crippen LogP contribution in [0.1, 0.15) is 22.3 Å². The highest BCUT2D eigenvalue weighted by Gasteiger charge is 2.11. The van der Waals surface area contributed by atoms with E-state index in [1.54, 1.807) is 7.11 Å².